The first kappa shape index (κ1) is 16.4. The molecule has 0 heterocycles. The topological polar surface area (TPSA) is 89.9 Å². The van der Waals surface area contributed by atoms with Crippen LogP contribution in [0.4, 0.5) is 0 Å². The molecule has 0 fully saturated rings. The van der Waals surface area contributed by atoms with E-state index < -0.39 is 16.9 Å². The lowest BCUT2D eigenvalue weighted by Crippen LogP contribution is -2.05. The molecule has 0 bridgehead atoms. The van der Waals surface area contributed by atoms with Crippen LogP contribution in [0.1, 0.15) is 13.3 Å². The molecule has 0 aliphatic heterocycles. The molecule has 19 heavy (non-hydrogen) atoms. The minimum atomic E-state index is -3.73. The summed E-state index contributed by atoms with van der Waals surface area (Å²) < 4.78 is 43.0. The molecule has 108 valence electrons. The van der Waals surface area contributed by atoms with Crippen LogP contribution in [0.2, 0.25) is 0 Å². The standard InChI is InChI=1S/C10H15O6PS2/c1-3-8-18-17(11,12)15-9-4-6-10(7-5-9)16-19(2,13)14/h4-7H,3,8H2,1-2H3,(H,11,12). The molecule has 1 aromatic rings. The molecule has 0 radical (unpaired) electrons. The largest absolute Gasteiger partial charge is 0.437 e. The number of benzene rings is 1. The molecular formula is C10H15O6PS2. The van der Waals surface area contributed by atoms with E-state index in [1.54, 1.807) is 0 Å². The fourth-order valence-corrected chi connectivity index (χ4v) is 4.07. The Labute approximate surface area is 116 Å². The zero-order valence-corrected chi connectivity index (χ0v) is 13.0. The fraction of sp³-hybridized carbons (Fsp3) is 0.400. The molecule has 9 heteroatoms. The first-order valence-corrected chi connectivity index (χ1v) is 10.4. The summed E-state index contributed by atoms with van der Waals surface area (Å²) in [6, 6.07) is 5.44. The van der Waals surface area contributed by atoms with Gasteiger partial charge in [-0.3, -0.25) is 0 Å². The Morgan fingerprint density at radius 2 is 1.79 bits per heavy atom. The lowest BCUT2D eigenvalue weighted by Gasteiger charge is -2.12. The van der Waals surface area contributed by atoms with Gasteiger partial charge in [-0.25, -0.2) is 4.57 Å². The highest BCUT2D eigenvalue weighted by atomic mass is 32.7. The molecule has 1 atom stereocenters. The molecule has 0 saturated heterocycles. The summed E-state index contributed by atoms with van der Waals surface area (Å²) in [5, 5.41) is 0. The molecule has 0 aliphatic carbocycles. The molecule has 0 spiro atoms. The summed E-state index contributed by atoms with van der Waals surface area (Å²) in [6.07, 6.45) is 1.69. The van der Waals surface area contributed by atoms with Gasteiger partial charge in [0.25, 0.3) is 0 Å². The van der Waals surface area contributed by atoms with Crippen LogP contribution in [-0.2, 0) is 14.7 Å². The molecule has 1 aromatic carbocycles. The summed E-state index contributed by atoms with van der Waals surface area (Å²) in [5.74, 6) is 0.808. The minimum Gasteiger partial charge on any atom is -0.417 e. The molecule has 0 saturated carbocycles. The lowest BCUT2D eigenvalue weighted by molar-refractivity contribution is 0.402. The van der Waals surface area contributed by atoms with E-state index >= 15 is 0 Å². The average Bonchev–Trinajstić information content (AvgIpc) is 2.27. The van der Waals surface area contributed by atoms with Crippen molar-refractivity contribution in [3.63, 3.8) is 0 Å². The van der Waals surface area contributed by atoms with E-state index in [-0.39, 0.29) is 11.5 Å². The third-order valence-corrected chi connectivity index (χ3v) is 5.35. The van der Waals surface area contributed by atoms with E-state index in [4.69, 9.17) is 4.52 Å². The molecule has 6 nitrogen and oxygen atoms in total. The summed E-state index contributed by atoms with van der Waals surface area (Å²) >= 11 is 0.850. The second kappa shape index (κ2) is 6.65. The van der Waals surface area contributed by atoms with Crippen LogP contribution in [0.3, 0.4) is 0 Å². The highest BCUT2D eigenvalue weighted by Gasteiger charge is 2.21. The smallest absolute Gasteiger partial charge is 0.417 e. The molecule has 0 amide bonds. The van der Waals surface area contributed by atoms with Gasteiger partial charge in [0.2, 0.25) is 0 Å². The van der Waals surface area contributed by atoms with Gasteiger partial charge in [-0.15, -0.1) is 0 Å². The first-order valence-electron chi connectivity index (χ1n) is 5.38. The number of hydrogen-bond acceptors (Lipinski definition) is 6. The van der Waals surface area contributed by atoms with Crippen LogP contribution in [-0.4, -0.2) is 25.3 Å². The van der Waals surface area contributed by atoms with Gasteiger partial charge in [-0.1, -0.05) is 6.92 Å². The molecule has 1 N–H and O–H groups in total. The third-order valence-electron chi connectivity index (χ3n) is 1.75. The van der Waals surface area contributed by atoms with E-state index in [1.165, 1.54) is 24.3 Å². The summed E-state index contributed by atoms with van der Waals surface area (Å²) in [5.41, 5.74) is 0. The van der Waals surface area contributed by atoms with Crippen molar-refractivity contribution in [3.8, 4) is 11.5 Å². The van der Waals surface area contributed by atoms with Crippen LogP contribution >= 0.6 is 18.2 Å². The van der Waals surface area contributed by atoms with E-state index in [9.17, 15) is 17.9 Å². The maximum Gasteiger partial charge on any atom is 0.437 e. The van der Waals surface area contributed by atoms with Crippen molar-refractivity contribution < 1.29 is 26.6 Å². The van der Waals surface area contributed by atoms with Gasteiger partial charge in [-0.05, 0) is 42.1 Å². The van der Waals surface area contributed by atoms with Crippen LogP contribution in [0, 0.1) is 0 Å². The zero-order chi connectivity index (χ0) is 14.5. The molecule has 1 unspecified atom stereocenters. The van der Waals surface area contributed by atoms with Crippen molar-refractivity contribution >= 4 is 28.3 Å². The van der Waals surface area contributed by atoms with E-state index in [0.29, 0.717) is 5.75 Å². The molecular weight excluding hydrogens is 311 g/mol. The zero-order valence-electron chi connectivity index (χ0n) is 10.5. The summed E-state index contributed by atoms with van der Waals surface area (Å²) in [6.45, 7) is -1.84. The van der Waals surface area contributed by atoms with E-state index in [0.717, 1.165) is 24.1 Å². The predicted octanol–water partition coefficient (Wildman–Crippen LogP) is 2.65. The third kappa shape index (κ3) is 6.87. The number of rotatable bonds is 7. The van der Waals surface area contributed by atoms with Crippen molar-refractivity contribution in [1.29, 1.82) is 0 Å². The van der Waals surface area contributed by atoms with Crippen molar-refractivity contribution in [2.45, 2.75) is 13.3 Å². The van der Waals surface area contributed by atoms with E-state index in [1.807, 2.05) is 6.92 Å². The predicted molar refractivity (Wildman–Crippen MR) is 75.1 cm³/mol. The lowest BCUT2D eigenvalue weighted by atomic mass is 10.3. The van der Waals surface area contributed by atoms with Crippen LogP contribution in [0.25, 0.3) is 0 Å². The maximum absolute atomic E-state index is 11.6. The van der Waals surface area contributed by atoms with E-state index in [2.05, 4.69) is 4.18 Å². The van der Waals surface area contributed by atoms with Crippen molar-refractivity contribution in [2.24, 2.45) is 0 Å². The van der Waals surface area contributed by atoms with Gasteiger partial charge >= 0.3 is 16.9 Å². The van der Waals surface area contributed by atoms with Gasteiger partial charge in [0.15, 0.2) is 0 Å². The Morgan fingerprint density at radius 1 is 1.26 bits per heavy atom. The van der Waals surface area contributed by atoms with Crippen molar-refractivity contribution in [3.05, 3.63) is 24.3 Å². The Morgan fingerprint density at radius 3 is 2.26 bits per heavy atom. The summed E-state index contributed by atoms with van der Waals surface area (Å²) in [4.78, 5) is 9.52. The van der Waals surface area contributed by atoms with Crippen LogP contribution < -0.4 is 8.71 Å². The van der Waals surface area contributed by atoms with Crippen LogP contribution in [0.15, 0.2) is 24.3 Å². The van der Waals surface area contributed by atoms with Gasteiger partial charge in [0, 0.05) is 5.75 Å². The minimum absolute atomic E-state index is 0.115. The monoisotopic (exact) mass is 326 g/mol. The normalized spacial score (nSPS) is 14.7. The van der Waals surface area contributed by atoms with Gasteiger partial charge < -0.3 is 13.6 Å². The second-order valence-corrected chi connectivity index (χ2v) is 9.17. The number of hydrogen-bond donors (Lipinski definition) is 1. The van der Waals surface area contributed by atoms with Gasteiger partial charge in [0.1, 0.15) is 11.5 Å². The Bertz CT molecular complexity index is 554. The SMILES string of the molecule is CCCSP(=O)(O)Oc1ccc(OS(C)(=O)=O)cc1. The van der Waals surface area contributed by atoms with Crippen molar-refractivity contribution in [2.75, 3.05) is 12.0 Å². The fourth-order valence-electron chi connectivity index (χ4n) is 1.10. The van der Waals surface area contributed by atoms with Crippen LogP contribution in [0.5, 0.6) is 11.5 Å². The molecule has 0 aromatic heterocycles. The quantitative estimate of drug-likeness (QED) is 0.608. The Hall–Kier alpha value is -0.690. The Kier molecular flexibility index (Phi) is 5.73. The highest BCUT2D eigenvalue weighted by molar-refractivity contribution is 8.54. The molecule has 1 rings (SSSR count). The highest BCUT2D eigenvalue weighted by Crippen LogP contribution is 2.55. The Balaban J connectivity index is 2.69. The average molecular weight is 326 g/mol. The maximum atomic E-state index is 11.6. The van der Waals surface area contributed by atoms with Gasteiger partial charge in [0.05, 0.1) is 6.26 Å². The van der Waals surface area contributed by atoms with Gasteiger partial charge in [-0.2, -0.15) is 8.42 Å². The van der Waals surface area contributed by atoms with Crippen molar-refractivity contribution in [1.82, 2.24) is 0 Å². The summed E-state index contributed by atoms with van der Waals surface area (Å²) in [7, 11) is -3.59. The first-order chi connectivity index (χ1) is 8.72. The second-order valence-electron chi connectivity index (χ2n) is 3.65. The molecule has 0 aliphatic rings.